The molecule has 20 heavy (non-hydrogen) atoms. The summed E-state index contributed by atoms with van der Waals surface area (Å²) in [7, 11) is 0. The number of hydrogen-bond acceptors (Lipinski definition) is 4. The minimum Gasteiger partial charge on any atom is -0.488 e. The molecule has 1 atom stereocenters. The van der Waals surface area contributed by atoms with E-state index in [0.717, 1.165) is 37.3 Å². The molecular weight excluding hydrogens is 252 g/mol. The number of ether oxygens (including phenoxy) is 1. The van der Waals surface area contributed by atoms with Gasteiger partial charge in [0, 0.05) is 12.6 Å². The number of aromatic nitrogens is 3. The average Bonchev–Trinajstić information content (AvgIpc) is 3.02. The second-order valence-electron chi connectivity index (χ2n) is 5.38. The maximum atomic E-state index is 5.95. The fraction of sp³-hybridized carbons (Fsp3) is 0.467. The summed E-state index contributed by atoms with van der Waals surface area (Å²) in [6.07, 6.45) is 4.92. The summed E-state index contributed by atoms with van der Waals surface area (Å²) >= 11 is 0. The zero-order valence-electron chi connectivity index (χ0n) is 11.7. The second-order valence-corrected chi connectivity index (χ2v) is 5.38. The van der Waals surface area contributed by atoms with Crippen molar-refractivity contribution < 1.29 is 4.74 Å². The Morgan fingerprint density at radius 1 is 1.45 bits per heavy atom. The summed E-state index contributed by atoms with van der Waals surface area (Å²) in [4.78, 5) is 0. The van der Waals surface area contributed by atoms with Gasteiger partial charge in [-0.25, -0.2) is 4.68 Å². The van der Waals surface area contributed by atoms with Gasteiger partial charge in [0.1, 0.15) is 11.9 Å². The van der Waals surface area contributed by atoms with E-state index in [1.54, 1.807) is 0 Å². The number of aryl methyl sites for hydroxylation is 2. The fourth-order valence-electron chi connectivity index (χ4n) is 2.59. The van der Waals surface area contributed by atoms with Gasteiger partial charge in [-0.05, 0) is 37.9 Å². The number of nitrogens with two attached hydrogens (primary N) is 1. The lowest BCUT2D eigenvalue weighted by Gasteiger charge is -2.09. The van der Waals surface area contributed by atoms with E-state index in [0.29, 0.717) is 6.54 Å². The Bertz CT molecular complexity index is 593. The lowest BCUT2D eigenvalue weighted by molar-refractivity contribution is 0.202. The van der Waals surface area contributed by atoms with Gasteiger partial charge >= 0.3 is 0 Å². The quantitative estimate of drug-likeness (QED) is 0.895. The van der Waals surface area contributed by atoms with E-state index < -0.39 is 0 Å². The summed E-state index contributed by atoms with van der Waals surface area (Å²) < 4.78 is 7.82. The van der Waals surface area contributed by atoms with Gasteiger partial charge in [-0.2, -0.15) is 0 Å². The van der Waals surface area contributed by atoms with Crippen molar-refractivity contribution in [2.75, 3.05) is 6.54 Å². The van der Waals surface area contributed by atoms with Crippen molar-refractivity contribution in [3.05, 3.63) is 41.2 Å². The molecule has 0 radical (unpaired) electrons. The molecule has 106 valence electrons. The van der Waals surface area contributed by atoms with E-state index in [1.807, 2.05) is 10.9 Å². The van der Waals surface area contributed by atoms with E-state index in [-0.39, 0.29) is 6.10 Å². The smallest absolute Gasteiger partial charge is 0.123 e. The normalized spacial score (nSPS) is 17.0. The van der Waals surface area contributed by atoms with Crippen LogP contribution in [0, 0.1) is 6.92 Å². The van der Waals surface area contributed by atoms with Crippen molar-refractivity contribution in [2.24, 2.45) is 5.73 Å². The Morgan fingerprint density at radius 3 is 3.20 bits per heavy atom. The molecule has 0 bridgehead atoms. The number of benzene rings is 1. The summed E-state index contributed by atoms with van der Waals surface area (Å²) in [6, 6.07) is 6.34. The number of fused-ring (bicyclic) bond motifs is 1. The minimum absolute atomic E-state index is 0.149. The molecule has 1 aliphatic rings. The van der Waals surface area contributed by atoms with Crippen LogP contribution in [0.4, 0.5) is 0 Å². The Hall–Kier alpha value is -1.88. The van der Waals surface area contributed by atoms with Crippen molar-refractivity contribution in [1.82, 2.24) is 15.0 Å². The van der Waals surface area contributed by atoms with E-state index >= 15 is 0 Å². The van der Waals surface area contributed by atoms with Crippen LogP contribution in [-0.4, -0.2) is 27.6 Å². The van der Waals surface area contributed by atoms with Crippen LogP contribution >= 0.6 is 0 Å². The Kier molecular flexibility index (Phi) is 3.69. The van der Waals surface area contributed by atoms with Crippen LogP contribution < -0.4 is 10.5 Å². The van der Waals surface area contributed by atoms with Gasteiger partial charge in [0.05, 0.1) is 12.2 Å². The molecule has 1 aromatic carbocycles. The highest BCUT2D eigenvalue weighted by molar-refractivity contribution is 5.40. The van der Waals surface area contributed by atoms with Crippen LogP contribution in [-0.2, 0) is 19.4 Å². The van der Waals surface area contributed by atoms with Crippen LogP contribution in [0.5, 0.6) is 5.75 Å². The third-order valence-corrected chi connectivity index (χ3v) is 3.57. The first-order chi connectivity index (χ1) is 9.74. The molecule has 0 fully saturated rings. The van der Waals surface area contributed by atoms with Gasteiger partial charge in [-0.15, -0.1) is 5.10 Å². The molecule has 1 aliphatic heterocycles. The molecular formula is C15H20N4O. The molecule has 0 amide bonds. The summed E-state index contributed by atoms with van der Waals surface area (Å²) in [5.41, 5.74) is 9.07. The van der Waals surface area contributed by atoms with Crippen LogP contribution in [0.25, 0.3) is 0 Å². The van der Waals surface area contributed by atoms with E-state index in [2.05, 4.69) is 35.4 Å². The minimum atomic E-state index is 0.149. The molecule has 0 saturated heterocycles. The topological polar surface area (TPSA) is 66.0 Å². The first-order valence-electron chi connectivity index (χ1n) is 7.10. The largest absolute Gasteiger partial charge is 0.488 e. The van der Waals surface area contributed by atoms with Crippen molar-refractivity contribution in [2.45, 2.75) is 38.8 Å². The fourth-order valence-corrected chi connectivity index (χ4v) is 2.59. The van der Waals surface area contributed by atoms with Crippen molar-refractivity contribution in [3.63, 3.8) is 0 Å². The maximum absolute atomic E-state index is 5.95. The van der Waals surface area contributed by atoms with Gasteiger partial charge < -0.3 is 10.5 Å². The lowest BCUT2D eigenvalue weighted by atomic mass is 10.1. The predicted octanol–water partition coefficient (Wildman–Crippen LogP) is 1.48. The Morgan fingerprint density at radius 2 is 2.35 bits per heavy atom. The Balaban J connectivity index is 1.61. The SMILES string of the molecule is Cc1ccc2c(c1)CC(Cn1cc(CCCN)nn1)O2. The van der Waals surface area contributed by atoms with Crippen LogP contribution in [0.2, 0.25) is 0 Å². The molecule has 2 aromatic rings. The van der Waals surface area contributed by atoms with Crippen LogP contribution in [0.1, 0.15) is 23.2 Å². The molecule has 3 rings (SSSR count). The summed E-state index contributed by atoms with van der Waals surface area (Å²) in [6.45, 7) is 3.53. The number of nitrogens with zero attached hydrogens (tertiary/aromatic N) is 3. The second kappa shape index (κ2) is 5.63. The van der Waals surface area contributed by atoms with Gasteiger partial charge in [0.15, 0.2) is 0 Å². The van der Waals surface area contributed by atoms with Gasteiger partial charge in [0.2, 0.25) is 0 Å². The molecule has 1 aromatic heterocycles. The first-order valence-corrected chi connectivity index (χ1v) is 7.10. The van der Waals surface area contributed by atoms with Crippen molar-refractivity contribution in [1.29, 1.82) is 0 Å². The molecule has 2 heterocycles. The average molecular weight is 272 g/mol. The summed E-state index contributed by atoms with van der Waals surface area (Å²) in [5.74, 6) is 1.00. The monoisotopic (exact) mass is 272 g/mol. The number of rotatable bonds is 5. The molecule has 0 spiro atoms. The standard InChI is InChI=1S/C15H20N4O/c1-11-4-5-15-12(7-11)8-14(20-15)10-19-9-13(17-18-19)3-2-6-16/h4-5,7,9,14H,2-3,6,8,10,16H2,1H3. The van der Waals surface area contributed by atoms with Gasteiger partial charge in [-0.3, -0.25) is 0 Å². The van der Waals surface area contributed by atoms with Crippen molar-refractivity contribution in [3.8, 4) is 5.75 Å². The van der Waals surface area contributed by atoms with E-state index in [1.165, 1.54) is 11.1 Å². The molecule has 0 aliphatic carbocycles. The highest BCUT2D eigenvalue weighted by Gasteiger charge is 2.23. The first kappa shape index (κ1) is 13.1. The Labute approximate surface area is 118 Å². The van der Waals surface area contributed by atoms with Crippen molar-refractivity contribution >= 4 is 0 Å². The maximum Gasteiger partial charge on any atom is 0.123 e. The predicted molar refractivity (Wildman–Crippen MR) is 76.7 cm³/mol. The number of hydrogen-bond donors (Lipinski definition) is 1. The third kappa shape index (κ3) is 2.82. The lowest BCUT2D eigenvalue weighted by Crippen LogP contribution is -2.21. The van der Waals surface area contributed by atoms with E-state index in [4.69, 9.17) is 10.5 Å². The highest BCUT2D eigenvalue weighted by Crippen LogP contribution is 2.29. The molecule has 1 unspecified atom stereocenters. The van der Waals surface area contributed by atoms with E-state index in [9.17, 15) is 0 Å². The summed E-state index contributed by atoms with van der Waals surface area (Å²) in [5, 5.41) is 8.32. The van der Waals surface area contributed by atoms with Gasteiger partial charge in [-0.1, -0.05) is 22.9 Å². The highest BCUT2D eigenvalue weighted by atomic mass is 16.5. The zero-order chi connectivity index (χ0) is 13.9. The van der Waals surface area contributed by atoms with Crippen LogP contribution in [0.3, 0.4) is 0 Å². The molecule has 0 saturated carbocycles. The zero-order valence-corrected chi connectivity index (χ0v) is 11.7. The molecule has 5 nitrogen and oxygen atoms in total. The third-order valence-electron chi connectivity index (χ3n) is 3.57. The molecule has 5 heteroatoms. The van der Waals surface area contributed by atoms with Gasteiger partial charge in [0.25, 0.3) is 0 Å². The molecule has 2 N–H and O–H groups in total. The van der Waals surface area contributed by atoms with Crippen LogP contribution in [0.15, 0.2) is 24.4 Å².